The van der Waals surface area contributed by atoms with E-state index in [9.17, 15) is 19.4 Å². The van der Waals surface area contributed by atoms with Crippen LogP contribution in [-0.4, -0.2) is 48.0 Å². The molecule has 0 unspecified atom stereocenters. The molecule has 21 heavy (non-hydrogen) atoms. The first-order valence-corrected chi connectivity index (χ1v) is 6.87. The lowest BCUT2D eigenvalue weighted by Crippen LogP contribution is -2.43. The van der Waals surface area contributed by atoms with Crippen molar-refractivity contribution >= 4 is 11.7 Å². The summed E-state index contributed by atoms with van der Waals surface area (Å²) >= 11 is 0. The molecule has 1 aromatic carbocycles. The van der Waals surface area contributed by atoms with Crippen LogP contribution < -0.4 is 5.32 Å². The maximum atomic E-state index is 13.7. The van der Waals surface area contributed by atoms with E-state index in [2.05, 4.69) is 5.32 Å². The lowest BCUT2D eigenvalue weighted by molar-refractivity contribution is 0.0509. The van der Waals surface area contributed by atoms with E-state index in [1.807, 2.05) is 6.92 Å². The summed E-state index contributed by atoms with van der Waals surface area (Å²) in [4.78, 5) is 13.4. The van der Waals surface area contributed by atoms with Gasteiger partial charge in [-0.1, -0.05) is 19.9 Å². The Morgan fingerprint density at radius 1 is 1.38 bits per heavy atom. The number of amides is 2. The quantitative estimate of drug-likeness (QED) is 0.750. The van der Waals surface area contributed by atoms with Gasteiger partial charge in [-0.05, 0) is 24.1 Å². The van der Waals surface area contributed by atoms with Crippen LogP contribution >= 0.6 is 0 Å². The molecule has 1 aromatic rings. The van der Waals surface area contributed by atoms with Crippen LogP contribution in [0.5, 0.6) is 0 Å². The lowest BCUT2D eigenvalue weighted by atomic mass is 9.92. The van der Waals surface area contributed by atoms with Crippen LogP contribution in [0.25, 0.3) is 0 Å². The second-order valence-electron chi connectivity index (χ2n) is 5.57. The number of carbonyl (C=O) groups is 1. The molecule has 0 aromatic heterocycles. The Morgan fingerprint density at radius 2 is 2.00 bits per heavy atom. The molecule has 0 saturated heterocycles. The van der Waals surface area contributed by atoms with Gasteiger partial charge in [0, 0.05) is 24.7 Å². The number of hydrogen-bond acceptors (Lipinski definition) is 3. The van der Waals surface area contributed by atoms with Gasteiger partial charge in [0.15, 0.2) is 0 Å². The van der Waals surface area contributed by atoms with Crippen LogP contribution in [0.15, 0.2) is 18.2 Å². The van der Waals surface area contributed by atoms with Gasteiger partial charge >= 0.3 is 6.03 Å². The van der Waals surface area contributed by atoms with E-state index in [1.54, 1.807) is 26.1 Å². The summed E-state index contributed by atoms with van der Waals surface area (Å²) in [6.45, 7) is 3.24. The number of urea groups is 1. The normalized spacial score (nSPS) is 11.3. The van der Waals surface area contributed by atoms with Crippen molar-refractivity contribution in [2.24, 2.45) is 5.41 Å². The van der Waals surface area contributed by atoms with Crippen molar-refractivity contribution in [2.75, 3.05) is 32.1 Å². The average Bonchev–Trinajstić information content (AvgIpc) is 2.47. The van der Waals surface area contributed by atoms with Gasteiger partial charge < -0.3 is 20.4 Å². The number of aryl methyl sites for hydroxylation is 1. The van der Waals surface area contributed by atoms with E-state index in [1.165, 1.54) is 11.0 Å². The van der Waals surface area contributed by atoms with Gasteiger partial charge in [-0.15, -0.1) is 0 Å². The Bertz CT molecular complexity index is 490. The van der Waals surface area contributed by atoms with Gasteiger partial charge in [0.2, 0.25) is 0 Å². The van der Waals surface area contributed by atoms with Crippen LogP contribution in [0.2, 0.25) is 0 Å². The number of aliphatic hydroxyl groups is 2. The third-order valence-corrected chi connectivity index (χ3v) is 3.41. The zero-order valence-electron chi connectivity index (χ0n) is 12.7. The van der Waals surface area contributed by atoms with Crippen molar-refractivity contribution in [1.82, 2.24) is 4.90 Å². The maximum absolute atomic E-state index is 13.7. The third kappa shape index (κ3) is 4.68. The average molecular weight is 298 g/mol. The Hall–Kier alpha value is -1.66. The Balaban J connectivity index is 2.70. The zero-order chi connectivity index (χ0) is 16.0. The van der Waals surface area contributed by atoms with Gasteiger partial charge in [-0.25, -0.2) is 9.18 Å². The molecular formula is C15H23FN2O3. The molecule has 0 heterocycles. The van der Waals surface area contributed by atoms with Gasteiger partial charge in [0.05, 0.1) is 13.2 Å². The molecule has 1 rings (SSSR count). The van der Waals surface area contributed by atoms with E-state index in [0.29, 0.717) is 17.7 Å². The second-order valence-corrected chi connectivity index (χ2v) is 5.57. The first kappa shape index (κ1) is 17.4. The summed E-state index contributed by atoms with van der Waals surface area (Å²) < 4.78 is 13.7. The molecule has 0 atom stereocenters. The SMILES string of the molecule is CCc1ccc(NC(=O)N(C)CC(C)(CO)CO)cc1F. The van der Waals surface area contributed by atoms with Gasteiger partial charge in [0.25, 0.3) is 0 Å². The third-order valence-electron chi connectivity index (χ3n) is 3.41. The molecule has 0 aliphatic rings. The number of nitrogens with zero attached hydrogens (tertiary/aromatic N) is 1. The highest BCUT2D eigenvalue weighted by Gasteiger charge is 2.26. The predicted octanol–water partition coefficient (Wildman–Crippen LogP) is 1.84. The largest absolute Gasteiger partial charge is 0.396 e. The number of rotatable bonds is 6. The van der Waals surface area contributed by atoms with E-state index in [4.69, 9.17) is 0 Å². The van der Waals surface area contributed by atoms with Crippen molar-refractivity contribution in [3.05, 3.63) is 29.6 Å². The van der Waals surface area contributed by atoms with Crippen LogP contribution in [0, 0.1) is 11.2 Å². The Morgan fingerprint density at radius 3 is 2.48 bits per heavy atom. The van der Waals surface area contributed by atoms with E-state index < -0.39 is 11.4 Å². The van der Waals surface area contributed by atoms with Crippen molar-refractivity contribution in [3.63, 3.8) is 0 Å². The number of nitrogens with one attached hydrogen (secondary N) is 1. The molecule has 5 nitrogen and oxygen atoms in total. The van der Waals surface area contributed by atoms with Gasteiger partial charge in [-0.2, -0.15) is 0 Å². The first-order valence-electron chi connectivity index (χ1n) is 6.87. The topological polar surface area (TPSA) is 72.8 Å². The lowest BCUT2D eigenvalue weighted by Gasteiger charge is -2.30. The maximum Gasteiger partial charge on any atom is 0.321 e. The van der Waals surface area contributed by atoms with Crippen molar-refractivity contribution in [3.8, 4) is 0 Å². The number of hydrogen-bond donors (Lipinski definition) is 3. The first-order chi connectivity index (χ1) is 9.85. The fourth-order valence-electron chi connectivity index (χ4n) is 1.93. The fourth-order valence-corrected chi connectivity index (χ4v) is 1.93. The van der Waals surface area contributed by atoms with E-state index in [0.717, 1.165) is 0 Å². The van der Waals surface area contributed by atoms with Crippen LogP contribution in [0.4, 0.5) is 14.9 Å². The number of carbonyl (C=O) groups excluding carboxylic acids is 1. The summed E-state index contributed by atoms with van der Waals surface area (Å²) in [5.41, 5.74) is 0.189. The van der Waals surface area contributed by atoms with E-state index in [-0.39, 0.29) is 25.6 Å². The predicted molar refractivity (Wildman–Crippen MR) is 79.7 cm³/mol. The highest BCUT2D eigenvalue weighted by atomic mass is 19.1. The van der Waals surface area contributed by atoms with E-state index >= 15 is 0 Å². The molecule has 3 N–H and O–H groups in total. The number of anilines is 1. The molecule has 0 spiro atoms. The summed E-state index contributed by atoms with van der Waals surface area (Å²) in [7, 11) is 1.55. The molecule has 0 fully saturated rings. The van der Waals surface area contributed by atoms with Crippen molar-refractivity contribution in [2.45, 2.75) is 20.3 Å². The number of aliphatic hydroxyl groups excluding tert-OH is 2. The van der Waals surface area contributed by atoms with Crippen molar-refractivity contribution < 1.29 is 19.4 Å². The second kappa shape index (κ2) is 7.38. The highest BCUT2D eigenvalue weighted by Crippen LogP contribution is 2.18. The summed E-state index contributed by atoms with van der Waals surface area (Å²) in [6, 6.07) is 4.13. The Kier molecular flexibility index (Phi) is 6.11. The molecule has 0 aliphatic carbocycles. The van der Waals surface area contributed by atoms with Crippen molar-refractivity contribution in [1.29, 1.82) is 0 Å². The number of halogens is 1. The van der Waals surface area contributed by atoms with Crippen LogP contribution in [-0.2, 0) is 6.42 Å². The van der Waals surface area contributed by atoms with Crippen LogP contribution in [0.1, 0.15) is 19.4 Å². The molecule has 0 aliphatic heterocycles. The minimum Gasteiger partial charge on any atom is -0.396 e. The summed E-state index contributed by atoms with van der Waals surface area (Å²) in [5, 5.41) is 21.1. The molecule has 6 heteroatoms. The molecule has 118 valence electrons. The van der Waals surface area contributed by atoms with Gasteiger partial charge in [-0.3, -0.25) is 0 Å². The number of benzene rings is 1. The molecule has 0 bridgehead atoms. The zero-order valence-corrected chi connectivity index (χ0v) is 12.7. The minimum atomic E-state index is -0.774. The summed E-state index contributed by atoms with van der Waals surface area (Å²) in [5.74, 6) is -0.353. The minimum absolute atomic E-state index is 0.182. The molecule has 0 radical (unpaired) electrons. The monoisotopic (exact) mass is 298 g/mol. The van der Waals surface area contributed by atoms with Gasteiger partial charge in [0.1, 0.15) is 5.82 Å². The standard InChI is InChI=1S/C15H23FN2O3/c1-4-11-5-6-12(7-13(11)16)17-14(21)18(3)8-15(2,9-19)10-20/h5-7,19-20H,4,8-10H2,1-3H3,(H,17,21). The highest BCUT2D eigenvalue weighted by molar-refractivity contribution is 5.89. The Labute approximate surface area is 124 Å². The molecule has 0 saturated carbocycles. The van der Waals surface area contributed by atoms with Crippen LogP contribution in [0.3, 0.4) is 0 Å². The fraction of sp³-hybridized carbons (Fsp3) is 0.533. The summed E-state index contributed by atoms with van der Waals surface area (Å²) in [6.07, 6.45) is 0.589. The molecular weight excluding hydrogens is 275 g/mol. The molecule has 2 amide bonds. The smallest absolute Gasteiger partial charge is 0.321 e.